The van der Waals surface area contributed by atoms with Crippen molar-refractivity contribution in [3.63, 3.8) is 0 Å². The summed E-state index contributed by atoms with van der Waals surface area (Å²) >= 11 is 3.25. The lowest BCUT2D eigenvalue weighted by Gasteiger charge is -2.07. The molecule has 1 rings (SSSR count). The molecule has 0 aliphatic rings. The van der Waals surface area contributed by atoms with Crippen molar-refractivity contribution in [2.45, 2.75) is 32.9 Å². The van der Waals surface area contributed by atoms with Crippen LogP contribution in [0.15, 0.2) is 10.7 Å². The summed E-state index contributed by atoms with van der Waals surface area (Å²) in [5.41, 5.74) is 0.656. The highest BCUT2D eigenvalue weighted by Crippen LogP contribution is 2.18. The third-order valence-electron chi connectivity index (χ3n) is 1.80. The fourth-order valence-electron chi connectivity index (χ4n) is 1.13. The summed E-state index contributed by atoms with van der Waals surface area (Å²) in [6.45, 7) is 2.52. The molecular weight excluding hydrogens is 270 g/mol. The van der Waals surface area contributed by atoms with E-state index in [1.807, 2.05) is 6.92 Å². The molecule has 86 valence electrons. The molecule has 1 heterocycles. The minimum absolute atomic E-state index is 0.307. The number of ether oxygens (including phenoxy) is 1. The zero-order valence-electron chi connectivity index (χ0n) is 8.42. The molecular formula is C9H13BrF2N2O. The molecule has 0 aromatic carbocycles. The maximum absolute atomic E-state index is 12.2. The largest absolute Gasteiger partial charge is 0.375 e. The maximum atomic E-state index is 12.2. The van der Waals surface area contributed by atoms with E-state index in [0.29, 0.717) is 23.4 Å². The van der Waals surface area contributed by atoms with Gasteiger partial charge in [-0.25, -0.2) is 8.78 Å². The van der Waals surface area contributed by atoms with Gasteiger partial charge in [-0.05, 0) is 22.4 Å². The van der Waals surface area contributed by atoms with Crippen molar-refractivity contribution in [2.75, 3.05) is 6.61 Å². The summed E-state index contributed by atoms with van der Waals surface area (Å²) in [6.07, 6.45) is 0.00916. The topological polar surface area (TPSA) is 27.1 Å². The van der Waals surface area contributed by atoms with Crippen LogP contribution in [0.25, 0.3) is 0 Å². The van der Waals surface area contributed by atoms with Crippen LogP contribution in [0.5, 0.6) is 0 Å². The SMILES string of the molecule is CCCOCc1c(Br)cnn1CC(F)F. The van der Waals surface area contributed by atoms with E-state index < -0.39 is 13.0 Å². The molecule has 0 aliphatic carbocycles. The molecule has 0 aliphatic heterocycles. The van der Waals surface area contributed by atoms with Crippen molar-refractivity contribution in [1.29, 1.82) is 0 Å². The summed E-state index contributed by atoms with van der Waals surface area (Å²) in [5.74, 6) is 0. The Morgan fingerprint density at radius 2 is 2.33 bits per heavy atom. The van der Waals surface area contributed by atoms with Crippen molar-refractivity contribution < 1.29 is 13.5 Å². The van der Waals surface area contributed by atoms with E-state index in [-0.39, 0.29) is 0 Å². The van der Waals surface area contributed by atoms with Crippen molar-refractivity contribution in [3.8, 4) is 0 Å². The molecule has 3 nitrogen and oxygen atoms in total. The average Bonchev–Trinajstić information content (AvgIpc) is 2.49. The molecule has 0 saturated heterocycles. The first-order valence-electron chi connectivity index (χ1n) is 4.71. The lowest BCUT2D eigenvalue weighted by molar-refractivity contribution is 0.0990. The third-order valence-corrected chi connectivity index (χ3v) is 2.46. The third kappa shape index (κ3) is 3.87. The Kier molecular flexibility index (Phi) is 5.17. The van der Waals surface area contributed by atoms with Crippen molar-refractivity contribution in [2.24, 2.45) is 0 Å². The molecule has 0 bridgehead atoms. The molecule has 0 N–H and O–H groups in total. The lowest BCUT2D eigenvalue weighted by Crippen LogP contribution is -2.12. The van der Waals surface area contributed by atoms with Crippen molar-refractivity contribution >= 4 is 15.9 Å². The number of aromatic nitrogens is 2. The second kappa shape index (κ2) is 6.17. The van der Waals surface area contributed by atoms with Gasteiger partial charge in [0.2, 0.25) is 0 Å². The molecule has 15 heavy (non-hydrogen) atoms. The Balaban J connectivity index is 2.62. The van der Waals surface area contributed by atoms with E-state index in [9.17, 15) is 8.78 Å². The smallest absolute Gasteiger partial charge is 0.257 e. The van der Waals surface area contributed by atoms with Gasteiger partial charge in [-0.2, -0.15) is 5.10 Å². The maximum Gasteiger partial charge on any atom is 0.257 e. The lowest BCUT2D eigenvalue weighted by atomic mass is 10.4. The number of rotatable bonds is 6. The predicted octanol–water partition coefficient (Wildman–Crippen LogP) is 2.84. The minimum Gasteiger partial charge on any atom is -0.375 e. The van der Waals surface area contributed by atoms with Crippen molar-refractivity contribution in [3.05, 3.63) is 16.4 Å². The number of hydrogen-bond donors (Lipinski definition) is 0. The van der Waals surface area contributed by atoms with E-state index in [2.05, 4.69) is 21.0 Å². The molecule has 1 aromatic heterocycles. The molecule has 0 amide bonds. The van der Waals surface area contributed by atoms with Crippen LogP contribution in [0.4, 0.5) is 8.78 Å². The first-order valence-corrected chi connectivity index (χ1v) is 5.50. The monoisotopic (exact) mass is 282 g/mol. The highest BCUT2D eigenvalue weighted by Gasteiger charge is 2.12. The molecule has 0 spiro atoms. The van der Waals surface area contributed by atoms with Gasteiger partial charge in [0.1, 0.15) is 6.54 Å². The summed E-state index contributed by atoms with van der Waals surface area (Å²) < 4.78 is 31.6. The molecule has 0 atom stereocenters. The van der Waals surface area contributed by atoms with Crippen molar-refractivity contribution in [1.82, 2.24) is 9.78 Å². The zero-order chi connectivity index (χ0) is 11.3. The highest BCUT2D eigenvalue weighted by atomic mass is 79.9. The van der Waals surface area contributed by atoms with Crippen LogP contribution in [-0.4, -0.2) is 22.8 Å². The molecule has 0 unspecified atom stereocenters. The van der Waals surface area contributed by atoms with Crippen LogP contribution in [0, 0.1) is 0 Å². The first-order chi connectivity index (χ1) is 7.15. The summed E-state index contributed by atoms with van der Waals surface area (Å²) in [4.78, 5) is 0. The fourth-order valence-corrected chi connectivity index (χ4v) is 1.54. The van der Waals surface area contributed by atoms with Crippen LogP contribution in [0.3, 0.4) is 0 Å². The Labute approximate surface area is 95.5 Å². The van der Waals surface area contributed by atoms with Gasteiger partial charge in [-0.1, -0.05) is 6.92 Å². The predicted molar refractivity (Wildman–Crippen MR) is 55.9 cm³/mol. The van der Waals surface area contributed by atoms with Gasteiger partial charge in [0.05, 0.1) is 23.0 Å². The number of nitrogens with zero attached hydrogens (tertiary/aromatic N) is 2. The van der Waals surface area contributed by atoms with Gasteiger partial charge in [0, 0.05) is 6.61 Å². The minimum atomic E-state index is -2.40. The molecule has 0 fully saturated rings. The van der Waals surface area contributed by atoms with Gasteiger partial charge < -0.3 is 4.74 Å². The van der Waals surface area contributed by atoms with Crippen LogP contribution < -0.4 is 0 Å². The van der Waals surface area contributed by atoms with E-state index in [1.54, 1.807) is 0 Å². The standard InChI is InChI=1S/C9H13BrF2N2O/c1-2-3-15-6-8-7(10)4-13-14(8)5-9(11)12/h4,9H,2-3,5-6H2,1H3. The summed E-state index contributed by atoms with van der Waals surface area (Å²) in [7, 11) is 0. The molecule has 6 heteroatoms. The Bertz CT molecular complexity index is 304. The molecule has 1 aromatic rings. The van der Waals surface area contributed by atoms with Crippen LogP contribution in [-0.2, 0) is 17.9 Å². The van der Waals surface area contributed by atoms with E-state index in [4.69, 9.17) is 4.74 Å². The first kappa shape index (κ1) is 12.6. The van der Waals surface area contributed by atoms with E-state index in [1.165, 1.54) is 10.9 Å². The van der Waals surface area contributed by atoms with Gasteiger partial charge >= 0.3 is 0 Å². The highest BCUT2D eigenvalue weighted by molar-refractivity contribution is 9.10. The normalized spacial score (nSPS) is 11.3. The number of halogens is 3. The van der Waals surface area contributed by atoms with E-state index in [0.717, 1.165) is 6.42 Å². The molecule has 0 saturated carbocycles. The van der Waals surface area contributed by atoms with Gasteiger partial charge in [0.15, 0.2) is 0 Å². The number of alkyl halides is 2. The molecule has 0 radical (unpaired) electrons. The second-order valence-electron chi connectivity index (χ2n) is 3.06. The Morgan fingerprint density at radius 1 is 1.60 bits per heavy atom. The Hall–Kier alpha value is -0.490. The van der Waals surface area contributed by atoms with E-state index >= 15 is 0 Å². The van der Waals surface area contributed by atoms with Crippen LogP contribution in [0.1, 0.15) is 19.0 Å². The zero-order valence-corrected chi connectivity index (χ0v) is 10.0. The average molecular weight is 283 g/mol. The summed E-state index contributed by atoms with van der Waals surface area (Å²) in [5, 5.41) is 3.84. The van der Waals surface area contributed by atoms with Crippen LogP contribution >= 0.6 is 15.9 Å². The quantitative estimate of drug-likeness (QED) is 0.751. The Morgan fingerprint density at radius 3 is 2.93 bits per heavy atom. The number of hydrogen-bond acceptors (Lipinski definition) is 2. The fraction of sp³-hybridized carbons (Fsp3) is 0.667. The van der Waals surface area contributed by atoms with Gasteiger partial charge in [-0.3, -0.25) is 4.68 Å². The van der Waals surface area contributed by atoms with Gasteiger partial charge in [0.25, 0.3) is 6.43 Å². The summed E-state index contributed by atoms with van der Waals surface area (Å²) in [6, 6.07) is 0. The van der Waals surface area contributed by atoms with Crippen LogP contribution in [0.2, 0.25) is 0 Å². The van der Waals surface area contributed by atoms with Gasteiger partial charge in [-0.15, -0.1) is 0 Å². The second-order valence-corrected chi connectivity index (χ2v) is 3.92.